The summed E-state index contributed by atoms with van der Waals surface area (Å²) in [5.74, 6) is 8.41. The second kappa shape index (κ2) is 11.3. The lowest BCUT2D eigenvalue weighted by molar-refractivity contribution is -0.125. The number of amides is 2. The van der Waals surface area contributed by atoms with Crippen molar-refractivity contribution in [2.24, 2.45) is 5.92 Å². The number of benzene rings is 1. The Balaban J connectivity index is 1.49. The molecular formula is C29H34N6O4. The van der Waals surface area contributed by atoms with E-state index in [1.807, 2.05) is 17.1 Å². The minimum atomic E-state index is -0.520. The molecule has 0 bridgehead atoms. The van der Waals surface area contributed by atoms with Gasteiger partial charge < -0.3 is 30.4 Å². The van der Waals surface area contributed by atoms with Crippen molar-refractivity contribution >= 4 is 23.3 Å². The van der Waals surface area contributed by atoms with Crippen LogP contribution in [0.5, 0.6) is 11.5 Å². The van der Waals surface area contributed by atoms with Gasteiger partial charge in [0.05, 0.1) is 37.1 Å². The summed E-state index contributed by atoms with van der Waals surface area (Å²) in [5.41, 5.74) is 12.3. The summed E-state index contributed by atoms with van der Waals surface area (Å²) in [5, 5.41) is 5.00. The second-order valence-electron chi connectivity index (χ2n) is 10.0. The van der Waals surface area contributed by atoms with Crippen LogP contribution in [0.25, 0.3) is 0 Å². The number of likely N-dealkylation sites (tertiary alicyclic amines) is 1. The zero-order chi connectivity index (χ0) is 27.5. The molecule has 4 N–H and O–H groups in total. The number of fused-ring (bicyclic) bond motifs is 1. The summed E-state index contributed by atoms with van der Waals surface area (Å²) in [4.78, 5) is 31.7. The first kappa shape index (κ1) is 26.4. The summed E-state index contributed by atoms with van der Waals surface area (Å²) in [6.45, 7) is 5.30. The number of anilines is 2. The van der Waals surface area contributed by atoms with Crippen molar-refractivity contribution in [1.82, 2.24) is 20.6 Å². The molecule has 2 fully saturated rings. The highest BCUT2D eigenvalue weighted by Crippen LogP contribution is 2.41. The van der Waals surface area contributed by atoms with Crippen LogP contribution >= 0.6 is 0 Å². The Morgan fingerprint density at radius 3 is 2.64 bits per heavy atom. The van der Waals surface area contributed by atoms with Crippen molar-refractivity contribution in [3.63, 3.8) is 0 Å². The molecule has 0 radical (unpaired) electrons. The predicted octanol–water partition coefficient (Wildman–Crippen LogP) is 2.42. The van der Waals surface area contributed by atoms with E-state index in [0.29, 0.717) is 71.7 Å². The van der Waals surface area contributed by atoms with Gasteiger partial charge in [0.25, 0.3) is 5.91 Å². The number of hydrazine groups is 1. The van der Waals surface area contributed by atoms with Gasteiger partial charge in [-0.05, 0) is 37.0 Å². The predicted molar refractivity (Wildman–Crippen MR) is 148 cm³/mol. The highest BCUT2D eigenvalue weighted by Gasteiger charge is 2.40. The Labute approximate surface area is 228 Å². The maximum Gasteiger partial charge on any atom is 0.255 e. The number of hydrogen-bond acceptors (Lipinski definition) is 8. The zero-order valence-electron chi connectivity index (χ0n) is 22.3. The van der Waals surface area contributed by atoms with Gasteiger partial charge in [0.2, 0.25) is 5.91 Å². The normalized spacial score (nSPS) is 19.6. The summed E-state index contributed by atoms with van der Waals surface area (Å²) in [7, 11) is 3.18. The molecule has 1 unspecified atom stereocenters. The number of aromatic nitrogens is 1. The van der Waals surface area contributed by atoms with E-state index in [1.54, 1.807) is 25.2 Å². The van der Waals surface area contributed by atoms with E-state index in [-0.39, 0.29) is 17.9 Å². The van der Waals surface area contributed by atoms with E-state index in [1.165, 1.54) is 25.1 Å². The van der Waals surface area contributed by atoms with E-state index < -0.39 is 6.04 Å². The number of ether oxygens (including phenoxy) is 2. The minimum absolute atomic E-state index is 0.0869. The van der Waals surface area contributed by atoms with Gasteiger partial charge in [-0.3, -0.25) is 9.59 Å². The van der Waals surface area contributed by atoms with Crippen molar-refractivity contribution in [2.75, 3.05) is 44.6 Å². The molecule has 3 heterocycles. The average molecular weight is 531 g/mol. The maximum atomic E-state index is 13.3. The van der Waals surface area contributed by atoms with Crippen molar-refractivity contribution in [3.8, 4) is 23.3 Å². The molecule has 10 heteroatoms. The molecule has 1 aliphatic carbocycles. The van der Waals surface area contributed by atoms with E-state index in [9.17, 15) is 9.59 Å². The number of hydrogen-bond donors (Lipinski definition) is 3. The molecule has 2 amide bonds. The fraction of sp³-hybridized carbons (Fsp3) is 0.414. The molecular weight excluding hydrogens is 496 g/mol. The fourth-order valence-corrected chi connectivity index (χ4v) is 5.11. The molecule has 5 rings (SSSR count). The van der Waals surface area contributed by atoms with Crippen LogP contribution < -0.4 is 31.0 Å². The Morgan fingerprint density at radius 2 is 1.97 bits per heavy atom. The number of carbonyl (C=O) groups is 2. The van der Waals surface area contributed by atoms with Crippen LogP contribution in [0.3, 0.4) is 0 Å². The molecule has 1 saturated heterocycles. The number of nitrogens with zero attached hydrogens (tertiary/aromatic N) is 3. The van der Waals surface area contributed by atoms with Crippen LogP contribution in [0.4, 0.5) is 11.5 Å². The number of nitrogens with two attached hydrogens (primary N) is 1. The SMILES string of the molecule is C=CC(=O)N1CCC(N2N[C@@H](C#Cc3cc(OC)cc(OC)c3)c3c(N)ncc(C(=O)NCCC4CC4)c32)C1. The Kier molecular flexibility index (Phi) is 7.61. The van der Waals surface area contributed by atoms with E-state index in [0.717, 1.165) is 6.42 Å². The molecule has 1 aromatic heterocycles. The number of carbonyl (C=O) groups excluding carboxylic acids is 2. The summed E-state index contributed by atoms with van der Waals surface area (Å²) < 4.78 is 10.8. The lowest BCUT2D eigenvalue weighted by Gasteiger charge is -2.28. The van der Waals surface area contributed by atoms with Gasteiger partial charge >= 0.3 is 0 Å². The third-order valence-corrected chi connectivity index (χ3v) is 7.42. The highest BCUT2D eigenvalue weighted by molar-refractivity contribution is 6.01. The van der Waals surface area contributed by atoms with Gasteiger partial charge in [-0.1, -0.05) is 31.3 Å². The lowest BCUT2D eigenvalue weighted by Crippen LogP contribution is -2.45. The van der Waals surface area contributed by atoms with E-state index in [2.05, 4.69) is 34.1 Å². The van der Waals surface area contributed by atoms with Crippen LogP contribution in [0, 0.1) is 17.8 Å². The summed E-state index contributed by atoms with van der Waals surface area (Å²) >= 11 is 0. The van der Waals surface area contributed by atoms with Crippen LogP contribution in [-0.2, 0) is 4.79 Å². The molecule has 2 aliphatic heterocycles. The summed E-state index contributed by atoms with van der Waals surface area (Å²) in [6.07, 6.45) is 6.99. The van der Waals surface area contributed by atoms with Gasteiger partial charge in [0, 0.05) is 37.5 Å². The first-order valence-electron chi connectivity index (χ1n) is 13.2. The topological polar surface area (TPSA) is 122 Å². The Morgan fingerprint density at radius 1 is 1.23 bits per heavy atom. The van der Waals surface area contributed by atoms with E-state index >= 15 is 0 Å². The molecule has 39 heavy (non-hydrogen) atoms. The van der Waals surface area contributed by atoms with Gasteiger partial charge in [-0.2, -0.15) is 0 Å². The van der Waals surface area contributed by atoms with Gasteiger partial charge in [-0.15, -0.1) is 0 Å². The van der Waals surface area contributed by atoms with Crippen LogP contribution in [0.2, 0.25) is 0 Å². The number of pyridine rings is 1. The van der Waals surface area contributed by atoms with Crippen LogP contribution in [-0.4, -0.2) is 61.6 Å². The number of methoxy groups -OCH3 is 2. The van der Waals surface area contributed by atoms with Crippen LogP contribution in [0.15, 0.2) is 37.1 Å². The van der Waals surface area contributed by atoms with Crippen LogP contribution in [0.1, 0.15) is 53.2 Å². The largest absolute Gasteiger partial charge is 0.497 e. The van der Waals surface area contributed by atoms with Crippen molar-refractivity contribution in [3.05, 3.63) is 53.7 Å². The molecule has 3 aliphatic rings. The third kappa shape index (κ3) is 5.64. The quantitative estimate of drug-likeness (QED) is 0.351. The second-order valence-corrected chi connectivity index (χ2v) is 10.0. The Bertz CT molecular complexity index is 1320. The first-order chi connectivity index (χ1) is 18.9. The number of rotatable bonds is 8. The molecule has 2 atom stereocenters. The van der Waals surface area contributed by atoms with Gasteiger partial charge in [-0.25, -0.2) is 10.4 Å². The molecule has 2 aromatic rings. The first-order valence-corrected chi connectivity index (χ1v) is 13.2. The van der Waals surface area contributed by atoms with Gasteiger partial charge in [0.15, 0.2) is 0 Å². The van der Waals surface area contributed by atoms with E-state index in [4.69, 9.17) is 15.2 Å². The number of nitrogen functional groups attached to an aromatic ring is 1. The molecule has 10 nitrogen and oxygen atoms in total. The van der Waals surface area contributed by atoms with Gasteiger partial charge in [0.1, 0.15) is 23.4 Å². The fourth-order valence-electron chi connectivity index (χ4n) is 5.11. The monoisotopic (exact) mass is 530 g/mol. The molecule has 1 saturated carbocycles. The number of nitrogens with one attached hydrogen (secondary N) is 2. The smallest absolute Gasteiger partial charge is 0.255 e. The molecule has 204 valence electrons. The third-order valence-electron chi connectivity index (χ3n) is 7.42. The molecule has 0 spiro atoms. The maximum absolute atomic E-state index is 13.3. The lowest BCUT2D eigenvalue weighted by atomic mass is 10.0. The molecule has 1 aromatic carbocycles. The average Bonchev–Trinajstić information content (AvgIpc) is 3.50. The Hall–Kier alpha value is -4.23. The highest BCUT2D eigenvalue weighted by atomic mass is 16.5. The van der Waals surface area contributed by atoms with Crippen molar-refractivity contribution in [1.29, 1.82) is 0 Å². The van der Waals surface area contributed by atoms with Crippen molar-refractivity contribution in [2.45, 2.75) is 37.8 Å². The van der Waals surface area contributed by atoms with Crippen molar-refractivity contribution < 1.29 is 19.1 Å². The minimum Gasteiger partial charge on any atom is -0.497 e. The standard InChI is InChI=1S/C29H34N6O4/c1-4-25(36)34-12-10-20(17-34)35-27-23(29(37)31-11-9-18-5-6-18)16-32-28(30)26(27)24(33-35)8-7-19-13-21(38-2)15-22(14-19)39-3/h4,13-16,18,20,24,33H,1,5-6,9-12,17H2,2-3H3,(H2,30,32)(H,31,37)/t20?,24-/m0/s1. The zero-order valence-corrected chi connectivity index (χ0v) is 22.3. The summed E-state index contributed by atoms with van der Waals surface area (Å²) in [6, 6.07) is 4.82.